The number of ether oxygens (including phenoxy) is 3. The maximum Gasteiger partial charge on any atom is 0.123 e. The summed E-state index contributed by atoms with van der Waals surface area (Å²) in [5, 5.41) is 0. The van der Waals surface area contributed by atoms with Crippen molar-refractivity contribution in [2.24, 2.45) is 0 Å². The summed E-state index contributed by atoms with van der Waals surface area (Å²) in [5.74, 6) is 2.47. The molecule has 0 bridgehead atoms. The first kappa shape index (κ1) is 13.3. The van der Waals surface area contributed by atoms with E-state index in [1.165, 1.54) is 0 Å². The summed E-state index contributed by atoms with van der Waals surface area (Å²) in [5.41, 5.74) is 1.13. The second kappa shape index (κ2) is 6.69. The number of hydrogen-bond donors (Lipinski definition) is 0. The SMILES string of the molecule is COc1cccc(OCCOc2ccccc2C)c1. The highest BCUT2D eigenvalue weighted by Crippen LogP contribution is 2.19. The lowest BCUT2D eigenvalue weighted by Gasteiger charge is -2.10. The lowest BCUT2D eigenvalue weighted by atomic mass is 10.2. The molecular formula is C16H18O3. The molecule has 3 heteroatoms. The third-order valence-corrected chi connectivity index (χ3v) is 2.74. The van der Waals surface area contributed by atoms with E-state index in [9.17, 15) is 0 Å². The van der Waals surface area contributed by atoms with E-state index in [1.54, 1.807) is 7.11 Å². The second-order valence-corrected chi connectivity index (χ2v) is 4.14. The van der Waals surface area contributed by atoms with E-state index in [4.69, 9.17) is 14.2 Å². The summed E-state index contributed by atoms with van der Waals surface area (Å²) in [6.07, 6.45) is 0. The maximum absolute atomic E-state index is 5.66. The molecule has 0 aromatic heterocycles. The van der Waals surface area contributed by atoms with Crippen LogP contribution in [0.3, 0.4) is 0 Å². The molecule has 0 fully saturated rings. The quantitative estimate of drug-likeness (QED) is 0.743. The topological polar surface area (TPSA) is 27.7 Å². The lowest BCUT2D eigenvalue weighted by Crippen LogP contribution is -2.09. The van der Waals surface area contributed by atoms with Crippen LogP contribution in [0.15, 0.2) is 48.5 Å². The molecule has 0 saturated heterocycles. The fourth-order valence-electron chi connectivity index (χ4n) is 1.72. The van der Waals surface area contributed by atoms with Crippen molar-refractivity contribution in [3.05, 3.63) is 54.1 Å². The Morgan fingerprint density at radius 2 is 1.58 bits per heavy atom. The predicted octanol–water partition coefficient (Wildman–Crippen LogP) is 3.46. The number of para-hydroxylation sites is 1. The van der Waals surface area contributed by atoms with Gasteiger partial charge in [0.25, 0.3) is 0 Å². The van der Waals surface area contributed by atoms with Crippen LogP contribution in [0.5, 0.6) is 17.2 Å². The molecule has 0 unspecified atom stereocenters. The van der Waals surface area contributed by atoms with Crippen molar-refractivity contribution < 1.29 is 14.2 Å². The Morgan fingerprint density at radius 3 is 2.37 bits per heavy atom. The molecule has 19 heavy (non-hydrogen) atoms. The molecular weight excluding hydrogens is 240 g/mol. The lowest BCUT2D eigenvalue weighted by molar-refractivity contribution is 0.216. The van der Waals surface area contributed by atoms with E-state index in [2.05, 4.69) is 0 Å². The Kier molecular flexibility index (Phi) is 4.67. The van der Waals surface area contributed by atoms with E-state index in [0.29, 0.717) is 13.2 Å². The number of benzene rings is 2. The van der Waals surface area contributed by atoms with Gasteiger partial charge in [0, 0.05) is 6.07 Å². The summed E-state index contributed by atoms with van der Waals surface area (Å²) in [4.78, 5) is 0. The van der Waals surface area contributed by atoms with Crippen LogP contribution in [0.4, 0.5) is 0 Å². The average Bonchev–Trinajstić information content (AvgIpc) is 2.45. The fourth-order valence-corrected chi connectivity index (χ4v) is 1.72. The predicted molar refractivity (Wildman–Crippen MR) is 75.2 cm³/mol. The van der Waals surface area contributed by atoms with Crippen LogP contribution in [0.2, 0.25) is 0 Å². The van der Waals surface area contributed by atoms with Gasteiger partial charge in [-0.25, -0.2) is 0 Å². The normalized spacial score (nSPS) is 10.0. The van der Waals surface area contributed by atoms with Gasteiger partial charge in [0.1, 0.15) is 30.5 Å². The molecule has 0 saturated carbocycles. The molecule has 2 aromatic rings. The van der Waals surface area contributed by atoms with Crippen LogP contribution < -0.4 is 14.2 Å². The first-order valence-electron chi connectivity index (χ1n) is 6.25. The Morgan fingerprint density at radius 1 is 0.842 bits per heavy atom. The van der Waals surface area contributed by atoms with Gasteiger partial charge in [-0.2, -0.15) is 0 Å². The third kappa shape index (κ3) is 3.91. The standard InChI is InChI=1S/C16H18O3/c1-13-6-3-4-9-16(13)19-11-10-18-15-8-5-7-14(12-15)17-2/h3-9,12H,10-11H2,1-2H3. The molecule has 0 heterocycles. The second-order valence-electron chi connectivity index (χ2n) is 4.14. The molecule has 0 radical (unpaired) electrons. The van der Waals surface area contributed by atoms with E-state index in [1.807, 2.05) is 55.5 Å². The van der Waals surface area contributed by atoms with Gasteiger partial charge < -0.3 is 14.2 Å². The van der Waals surface area contributed by atoms with Crippen molar-refractivity contribution in [3.8, 4) is 17.2 Å². The van der Waals surface area contributed by atoms with Crippen molar-refractivity contribution in [2.75, 3.05) is 20.3 Å². The Labute approximate surface area is 113 Å². The van der Waals surface area contributed by atoms with Gasteiger partial charge in [-0.05, 0) is 30.7 Å². The number of rotatable bonds is 6. The van der Waals surface area contributed by atoms with E-state index >= 15 is 0 Å². The molecule has 3 nitrogen and oxygen atoms in total. The molecule has 0 spiro atoms. The van der Waals surface area contributed by atoms with Gasteiger partial charge in [0.15, 0.2) is 0 Å². The Balaban J connectivity index is 1.79. The third-order valence-electron chi connectivity index (χ3n) is 2.74. The van der Waals surface area contributed by atoms with Gasteiger partial charge in [-0.1, -0.05) is 24.3 Å². The van der Waals surface area contributed by atoms with Crippen molar-refractivity contribution in [1.29, 1.82) is 0 Å². The summed E-state index contributed by atoms with van der Waals surface area (Å²) in [7, 11) is 1.64. The highest BCUT2D eigenvalue weighted by molar-refractivity contribution is 5.33. The largest absolute Gasteiger partial charge is 0.497 e. The van der Waals surface area contributed by atoms with Gasteiger partial charge in [-0.15, -0.1) is 0 Å². The van der Waals surface area contributed by atoms with Crippen LogP contribution in [0, 0.1) is 6.92 Å². The van der Waals surface area contributed by atoms with E-state index in [0.717, 1.165) is 22.8 Å². The average molecular weight is 258 g/mol. The van der Waals surface area contributed by atoms with Crippen LogP contribution in [0.1, 0.15) is 5.56 Å². The Bertz CT molecular complexity index is 523. The van der Waals surface area contributed by atoms with Crippen molar-refractivity contribution in [2.45, 2.75) is 6.92 Å². The minimum atomic E-state index is 0.501. The molecule has 100 valence electrons. The summed E-state index contributed by atoms with van der Waals surface area (Å²) >= 11 is 0. The number of aryl methyl sites for hydroxylation is 1. The first-order chi connectivity index (χ1) is 9.29. The van der Waals surface area contributed by atoms with Gasteiger partial charge in [-0.3, -0.25) is 0 Å². The zero-order valence-corrected chi connectivity index (χ0v) is 11.3. The highest BCUT2D eigenvalue weighted by atomic mass is 16.5. The fraction of sp³-hybridized carbons (Fsp3) is 0.250. The maximum atomic E-state index is 5.66. The van der Waals surface area contributed by atoms with Crippen LogP contribution in [-0.2, 0) is 0 Å². The van der Waals surface area contributed by atoms with E-state index < -0.39 is 0 Å². The molecule has 0 amide bonds. The van der Waals surface area contributed by atoms with Crippen molar-refractivity contribution in [3.63, 3.8) is 0 Å². The summed E-state index contributed by atoms with van der Waals surface area (Å²) in [6, 6.07) is 15.5. The molecule has 0 aliphatic carbocycles. The van der Waals surface area contributed by atoms with Crippen molar-refractivity contribution >= 4 is 0 Å². The Hall–Kier alpha value is -2.16. The minimum absolute atomic E-state index is 0.501. The molecule has 0 aliphatic rings. The van der Waals surface area contributed by atoms with Crippen molar-refractivity contribution in [1.82, 2.24) is 0 Å². The van der Waals surface area contributed by atoms with Gasteiger partial charge in [0.05, 0.1) is 7.11 Å². The number of methoxy groups -OCH3 is 1. The smallest absolute Gasteiger partial charge is 0.123 e. The molecule has 0 aliphatic heterocycles. The zero-order valence-electron chi connectivity index (χ0n) is 11.3. The van der Waals surface area contributed by atoms with E-state index in [-0.39, 0.29) is 0 Å². The summed E-state index contributed by atoms with van der Waals surface area (Å²) < 4.78 is 16.4. The highest BCUT2D eigenvalue weighted by Gasteiger charge is 1.99. The van der Waals surface area contributed by atoms with Crippen LogP contribution >= 0.6 is 0 Å². The van der Waals surface area contributed by atoms with Gasteiger partial charge in [0.2, 0.25) is 0 Å². The van der Waals surface area contributed by atoms with Crippen LogP contribution in [-0.4, -0.2) is 20.3 Å². The minimum Gasteiger partial charge on any atom is -0.497 e. The molecule has 2 rings (SSSR count). The van der Waals surface area contributed by atoms with Gasteiger partial charge >= 0.3 is 0 Å². The van der Waals surface area contributed by atoms with Crippen LogP contribution in [0.25, 0.3) is 0 Å². The first-order valence-corrected chi connectivity index (χ1v) is 6.25. The summed E-state index contributed by atoms with van der Waals surface area (Å²) in [6.45, 7) is 3.04. The molecule has 0 atom stereocenters. The monoisotopic (exact) mass is 258 g/mol. The molecule has 2 aromatic carbocycles. The zero-order chi connectivity index (χ0) is 13.5. The molecule has 0 N–H and O–H groups in total. The number of hydrogen-bond acceptors (Lipinski definition) is 3.